The van der Waals surface area contributed by atoms with E-state index in [1.165, 1.54) is 12.1 Å². The summed E-state index contributed by atoms with van der Waals surface area (Å²) in [4.78, 5) is 14.9. The second kappa shape index (κ2) is 12.3. The van der Waals surface area contributed by atoms with Crippen LogP contribution in [0.15, 0.2) is 54.4 Å². The van der Waals surface area contributed by atoms with Crippen LogP contribution in [-0.4, -0.2) is 70.2 Å². The van der Waals surface area contributed by atoms with Gasteiger partial charge in [-0.1, -0.05) is 18.2 Å². The highest BCUT2D eigenvalue weighted by molar-refractivity contribution is 6.07. The normalized spacial score (nSPS) is 18.3. The molecule has 1 saturated heterocycles. The molecular weight excluding hydrogens is 456 g/mol. The molecule has 0 bridgehead atoms. The fraction of sp³-hybridized carbons (Fsp3) is 0.360. The predicted octanol–water partition coefficient (Wildman–Crippen LogP) is 2.82. The number of nitrogens with zero attached hydrogens (tertiary/aromatic N) is 1. The molecule has 35 heavy (non-hydrogen) atoms. The van der Waals surface area contributed by atoms with E-state index in [4.69, 9.17) is 14.9 Å². The average molecular weight is 488 g/mol. The Morgan fingerprint density at radius 1 is 1.17 bits per heavy atom. The number of rotatable bonds is 10. The molecule has 0 unspecified atom stereocenters. The summed E-state index contributed by atoms with van der Waals surface area (Å²) in [7, 11) is 4.80. The van der Waals surface area contributed by atoms with Gasteiger partial charge in [0.15, 0.2) is 11.6 Å². The molecule has 0 aromatic heterocycles. The number of urea groups is 1. The molecule has 3 rings (SSSR count). The second-order valence-electron chi connectivity index (χ2n) is 8.19. The lowest BCUT2D eigenvalue weighted by Gasteiger charge is -2.21. The molecule has 0 spiro atoms. The summed E-state index contributed by atoms with van der Waals surface area (Å²) < 4.78 is 37.7. The van der Waals surface area contributed by atoms with Gasteiger partial charge in [-0.05, 0) is 29.8 Å². The minimum atomic E-state index is -0.919. The Bertz CT molecular complexity index is 1080. The number of carbonyl (C=O) groups is 1. The van der Waals surface area contributed by atoms with Gasteiger partial charge in [0, 0.05) is 51.3 Å². The minimum absolute atomic E-state index is 0.180. The molecule has 8 nitrogen and oxygen atoms in total. The van der Waals surface area contributed by atoms with Crippen LogP contribution in [0.2, 0.25) is 0 Å². The molecule has 2 atom stereocenters. The highest BCUT2D eigenvalue weighted by atomic mass is 19.2. The van der Waals surface area contributed by atoms with Gasteiger partial charge in [0.2, 0.25) is 0 Å². The molecule has 10 heteroatoms. The number of benzene rings is 2. The first-order valence-corrected chi connectivity index (χ1v) is 11.2. The van der Waals surface area contributed by atoms with Crippen LogP contribution in [0.4, 0.5) is 13.6 Å². The summed E-state index contributed by atoms with van der Waals surface area (Å²) in [6.07, 6.45) is 1.50. The highest BCUT2D eigenvalue weighted by Crippen LogP contribution is 2.28. The summed E-state index contributed by atoms with van der Waals surface area (Å²) in [5.74, 6) is -1.11. The summed E-state index contributed by atoms with van der Waals surface area (Å²) in [5.41, 5.74) is 1.42. The number of halogens is 2. The Morgan fingerprint density at radius 2 is 1.97 bits per heavy atom. The van der Waals surface area contributed by atoms with Crippen LogP contribution >= 0.6 is 0 Å². The van der Waals surface area contributed by atoms with Gasteiger partial charge in [0.25, 0.3) is 0 Å². The van der Waals surface area contributed by atoms with Gasteiger partial charge in [-0.15, -0.1) is 0 Å². The van der Waals surface area contributed by atoms with Gasteiger partial charge in [-0.25, -0.2) is 13.6 Å². The molecule has 0 saturated carbocycles. The zero-order valence-electron chi connectivity index (χ0n) is 20.0. The van der Waals surface area contributed by atoms with Gasteiger partial charge < -0.3 is 25.5 Å². The van der Waals surface area contributed by atoms with Gasteiger partial charge in [0.05, 0.1) is 25.5 Å². The Morgan fingerprint density at radius 3 is 2.66 bits per heavy atom. The fourth-order valence-corrected chi connectivity index (χ4v) is 4.03. The molecule has 0 radical (unpaired) electrons. The van der Waals surface area contributed by atoms with Gasteiger partial charge in [-0.3, -0.25) is 10.2 Å². The number of ether oxygens (including phenoxy) is 2. The number of allylic oxidation sites excluding steroid dienone is 1. The third-order valence-electron chi connectivity index (χ3n) is 5.88. The summed E-state index contributed by atoms with van der Waals surface area (Å²) in [6, 6.07) is 10.1. The quantitative estimate of drug-likeness (QED) is 0.387. The largest absolute Gasteiger partial charge is 0.497 e. The lowest BCUT2D eigenvalue weighted by Crippen LogP contribution is -2.46. The van der Waals surface area contributed by atoms with E-state index >= 15 is 0 Å². The summed E-state index contributed by atoms with van der Waals surface area (Å²) >= 11 is 0. The van der Waals surface area contributed by atoms with Crippen molar-refractivity contribution in [1.82, 2.24) is 20.9 Å². The van der Waals surface area contributed by atoms with Crippen molar-refractivity contribution >= 4 is 11.7 Å². The van der Waals surface area contributed by atoms with E-state index in [1.807, 2.05) is 0 Å². The predicted molar refractivity (Wildman–Crippen MR) is 130 cm³/mol. The molecule has 1 fully saturated rings. The van der Waals surface area contributed by atoms with Crippen molar-refractivity contribution in [1.29, 1.82) is 5.41 Å². The molecule has 4 N–H and O–H groups in total. The maximum atomic E-state index is 13.9. The maximum Gasteiger partial charge on any atom is 0.320 e. The fourth-order valence-electron chi connectivity index (χ4n) is 4.03. The van der Waals surface area contributed by atoms with Crippen LogP contribution < -0.4 is 20.7 Å². The van der Waals surface area contributed by atoms with E-state index < -0.39 is 17.7 Å². The number of nitrogens with one attached hydrogen (secondary N) is 4. The first-order valence-electron chi connectivity index (χ1n) is 11.2. The SMILES string of the molecule is CN/C(=C\C(=N)c1cccc(OC)c1)NC(=O)N[C@@H]1CN(CCOC)C[C@H]1c1ccc(F)c(F)c1. The molecule has 188 valence electrons. The van der Waals surface area contributed by atoms with Crippen molar-refractivity contribution in [2.45, 2.75) is 12.0 Å². The zero-order chi connectivity index (χ0) is 25.4. The zero-order valence-corrected chi connectivity index (χ0v) is 20.0. The van der Waals surface area contributed by atoms with Crippen LogP contribution in [-0.2, 0) is 4.74 Å². The van der Waals surface area contributed by atoms with E-state index in [-0.39, 0.29) is 17.7 Å². The molecule has 1 aliphatic heterocycles. The van der Waals surface area contributed by atoms with Crippen molar-refractivity contribution in [2.24, 2.45) is 0 Å². The summed E-state index contributed by atoms with van der Waals surface area (Å²) in [5, 5.41) is 16.9. The van der Waals surface area contributed by atoms with E-state index in [2.05, 4.69) is 20.9 Å². The standard InChI is InChI=1S/C25H31F2N5O3/c1-29-24(13-22(28)17-5-4-6-18(11-17)35-3)31-25(33)30-23-15-32(9-10-34-2)14-19(23)16-7-8-20(26)21(27)12-16/h4-8,11-13,19,23,28-29H,9-10,14-15H2,1-3H3,(H2,30,31,33)/b24-13+,28-22?/t19-,23+/m0/s1. The number of hydrogen-bond acceptors (Lipinski definition) is 6. The highest BCUT2D eigenvalue weighted by Gasteiger charge is 2.35. The van der Waals surface area contributed by atoms with Crippen LogP contribution in [0.5, 0.6) is 5.75 Å². The van der Waals surface area contributed by atoms with Crippen LogP contribution in [0, 0.1) is 17.0 Å². The van der Waals surface area contributed by atoms with Crippen LogP contribution in [0.25, 0.3) is 0 Å². The third-order valence-corrected chi connectivity index (χ3v) is 5.88. The van der Waals surface area contributed by atoms with E-state index in [0.29, 0.717) is 48.9 Å². The molecule has 0 aliphatic carbocycles. The molecule has 2 aromatic carbocycles. The minimum Gasteiger partial charge on any atom is -0.497 e. The second-order valence-corrected chi connectivity index (χ2v) is 8.19. The molecule has 1 aliphatic rings. The Kier molecular flexibility index (Phi) is 9.16. The van der Waals surface area contributed by atoms with Crippen molar-refractivity contribution in [2.75, 3.05) is 47.5 Å². The Balaban J connectivity index is 1.71. The van der Waals surface area contributed by atoms with E-state index in [1.54, 1.807) is 51.6 Å². The van der Waals surface area contributed by atoms with Crippen LogP contribution in [0.3, 0.4) is 0 Å². The van der Waals surface area contributed by atoms with Crippen molar-refractivity contribution in [3.05, 3.63) is 77.1 Å². The summed E-state index contributed by atoms with van der Waals surface area (Å²) in [6.45, 7) is 2.26. The number of carbonyl (C=O) groups excluding carboxylic acids is 1. The molecule has 2 aromatic rings. The first kappa shape index (κ1) is 26.1. The lowest BCUT2D eigenvalue weighted by molar-refractivity contribution is 0.159. The van der Waals surface area contributed by atoms with Crippen molar-refractivity contribution in [3.8, 4) is 5.75 Å². The van der Waals surface area contributed by atoms with Gasteiger partial charge in [-0.2, -0.15) is 0 Å². The number of hydrogen-bond donors (Lipinski definition) is 4. The van der Waals surface area contributed by atoms with Crippen molar-refractivity contribution < 1.29 is 23.0 Å². The van der Waals surface area contributed by atoms with Crippen LogP contribution in [0.1, 0.15) is 17.0 Å². The smallest absolute Gasteiger partial charge is 0.320 e. The number of methoxy groups -OCH3 is 2. The monoisotopic (exact) mass is 487 g/mol. The van der Waals surface area contributed by atoms with Crippen molar-refractivity contribution in [3.63, 3.8) is 0 Å². The number of likely N-dealkylation sites (tertiary alicyclic amines) is 1. The van der Waals surface area contributed by atoms with E-state index in [9.17, 15) is 13.6 Å². The molecular formula is C25H31F2N5O3. The first-order chi connectivity index (χ1) is 16.8. The maximum absolute atomic E-state index is 13.9. The van der Waals surface area contributed by atoms with E-state index in [0.717, 1.165) is 6.07 Å². The van der Waals surface area contributed by atoms with Gasteiger partial charge >= 0.3 is 6.03 Å². The Hall–Kier alpha value is -3.50. The third kappa shape index (κ3) is 7.00. The molecule has 1 heterocycles. The lowest BCUT2D eigenvalue weighted by atomic mass is 9.94. The Labute approximate surface area is 203 Å². The van der Waals surface area contributed by atoms with Gasteiger partial charge in [0.1, 0.15) is 11.6 Å². The topological polar surface area (TPSA) is 98.7 Å². The number of amides is 2. The average Bonchev–Trinajstić information content (AvgIpc) is 3.26. The molecule has 2 amide bonds.